The molecule has 0 aliphatic carbocycles. The molecule has 0 spiro atoms. The van der Waals surface area contributed by atoms with Crippen LogP contribution < -0.4 is 10.4 Å². The van der Waals surface area contributed by atoms with Crippen molar-refractivity contribution in [1.29, 1.82) is 0 Å². The van der Waals surface area contributed by atoms with Crippen LogP contribution in [0.3, 0.4) is 0 Å². The molecule has 1 aromatic carbocycles. The summed E-state index contributed by atoms with van der Waals surface area (Å²) in [4.78, 5) is 11.2. The molecule has 0 radical (unpaired) electrons. The van der Waals surface area contributed by atoms with Gasteiger partial charge < -0.3 is 0 Å². The van der Waals surface area contributed by atoms with Gasteiger partial charge in [0.15, 0.2) is 0 Å². The largest absolute Gasteiger partial charge is 0.282 e. The van der Waals surface area contributed by atoms with E-state index in [1.165, 1.54) is 0 Å². The van der Waals surface area contributed by atoms with Gasteiger partial charge in [0.25, 0.3) is 0 Å². The van der Waals surface area contributed by atoms with Crippen molar-refractivity contribution < 1.29 is 4.79 Å². The van der Waals surface area contributed by atoms with Crippen LogP contribution >= 0.6 is 15.9 Å². The summed E-state index contributed by atoms with van der Waals surface area (Å²) in [6, 6.07) is 8.11. The maximum absolute atomic E-state index is 11.2. The molecule has 1 aromatic rings. The Morgan fingerprint density at radius 3 is 2.93 bits per heavy atom. The van der Waals surface area contributed by atoms with Crippen LogP contribution in [-0.4, -0.2) is 11.9 Å². The van der Waals surface area contributed by atoms with Crippen LogP contribution in [-0.2, 0) is 4.79 Å². The summed E-state index contributed by atoms with van der Waals surface area (Å²) in [5.41, 5.74) is 3.83. The first-order valence-electron chi connectivity index (χ1n) is 4.51. The Morgan fingerprint density at radius 1 is 1.57 bits per heavy atom. The van der Waals surface area contributed by atoms with E-state index in [1.54, 1.807) is 0 Å². The van der Waals surface area contributed by atoms with Gasteiger partial charge in [0, 0.05) is 4.47 Å². The van der Waals surface area contributed by atoms with E-state index in [1.807, 2.05) is 36.2 Å². The molecule has 0 saturated carbocycles. The molecule has 0 bridgehead atoms. The van der Waals surface area contributed by atoms with Gasteiger partial charge in [0.05, 0.1) is 18.2 Å². The molecule has 1 N–H and O–H groups in total. The second kappa shape index (κ2) is 3.61. The third-order valence-electron chi connectivity index (χ3n) is 2.25. The molecule has 14 heavy (non-hydrogen) atoms. The minimum absolute atomic E-state index is 0.0810. The zero-order valence-corrected chi connectivity index (χ0v) is 9.41. The van der Waals surface area contributed by atoms with E-state index < -0.39 is 0 Å². The Bertz CT molecular complexity index is 367. The number of nitrogens with zero attached hydrogens (tertiary/aromatic N) is 1. The van der Waals surface area contributed by atoms with Gasteiger partial charge in [-0.2, -0.15) is 0 Å². The van der Waals surface area contributed by atoms with Gasteiger partial charge in [-0.05, 0) is 25.1 Å². The average Bonchev–Trinajstić information content (AvgIpc) is 2.45. The summed E-state index contributed by atoms with van der Waals surface area (Å²) in [5, 5.41) is 1.90. The fraction of sp³-hybridized carbons (Fsp3) is 0.300. The van der Waals surface area contributed by atoms with Crippen LogP contribution in [0.2, 0.25) is 0 Å². The molecule has 2 rings (SSSR count). The van der Waals surface area contributed by atoms with Gasteiger partial charge in [-0.1, -0.05) is 22.0 Å². The second-order valence-electron chi connectivity index (χ2n) is 3.44. The standard InChI is InChI=1S/C10H11BrN2O/c1-7-5-10(14)12-13(7)9-4-2-3-8(11)6-9/h2-4,6-7H,5H2,1H3,(H,12,14). The summed E-state index contributed by atoms with van der Waals surface area (Å²) in [5.74, 6) is 0.0810. The number of carbonyl (C=O) groups is 1. The molecule has 74 valence electrons. The number of halogens is 1. The highest BCUT2D eigenvalue weighted by Gasteiger charge is 2.26. The maximum Gasteiger partial charge on any atom is 0.240 e. The normalized spacial score (nSPS) is 21.1. The number of hydrogen-bond acceptors (Lipinski definition) is 2. The van der Waals surface area contributed by atoms with Crippen LogP contribution in [0.25, 0.3) is 0 Å². The minimum atomic E-state index is 0.0810. The van der Waals surface area contributed by atoms with Gasteiger partial charge in [-0.3, -0.25) is 15.2 Å². The number of carbonyl (C=O) groups excluding carboxylic acids is 1. The van der Waals surface area contributed by atoms with Crippen molar-refractivity contribution in [3.05, 3.63) is 28.7 Å². The molecular weight excluding hydrogens is 244 g/mol. The Kier molecular flexibility index (Phi) is 2.46. The molecule has 1 amide bonds. The third kappa shape index (κ3) is 1.75. The minimum Gasteiger partial charge on any atom is -0.282 e. The fourth-order valence-electron chi connectivity index (χ4n) is 1.59. The van der Waals surface area contributed by atoms with E-state index in [9.17, 15) is 4.79 Å². The number of rotatable bonds is 1. The van der Waals surface area contributed by atoms with E-state index >= 15 is 0 Å². The van der Waals surface area contributed by atoms with Crippen molar-refractivity contribution in [1.82, 2.24) is 5.43 Å². The molecule has 0 aromatic heterocycles. The number of anilines is 1. The number of hydrazine groups is 1. The highest BCUT2D eigenvalue weighted by Crippen LogP contribution is 2.23. The summed E-state index contributed by atoms with van der Waals surface area (Å²) in [6.45, 7) is 2.03. The molecule has 1 fully saturated rings. The van der Waals surface area contributed by atoms with Crippen LogP contribution in [0.5, 0.6) is 0 Å². The van der Waals surface area contributed by atoms with Crippen molar-refractivity contribution >= 4 is 27.5 Å². The first-order valence-corrected chi connectivity index (χ1v) is 5.30. The van der Waals surface area contributed by atoms with Gasteiger partial charge in [0.1, 0.15) is 0 Å². The van der Waals surface area contributed by atoms with Crippen LogP contribution in [0.4, 0.5) is 5.69 Å². The smallest absolute Gasteiger partial charge is 0.240 e. The van der Waals surface area contributed by atoms with Crippen LogP contribution in [0.1, 0.15) is 13.3 Å². The first kappa shape index (κ1) is 9.52. The van der Waals surface area contributed by atoms with E-state index in [0.717, 1.165) is 10.2 Å². The molecule has 1 unspecified atom stereocenters. The lowest BCUT2D eigenvalue weighted by atomic mass is 10.2. The molecule has 1 heterocycles. The monoisotopic (exact) mass is 254 g/mol. The van der Waals surface area contributed by atoms with E-state index in [2.05, 4.69) is 21.4 Å². The van der Waals surface area contributed by atoms with Crippen molar-refractivity contribution in [2.45, 2.75) is 19.4 Å². The van der Waals surface area contributed by atoms with Crippen molar-refractivity contribution in [3.8, 4) is 0 Å². The summed E-state index contributed by atoms with van der Waals surface area (Å²) in [6.07, 6.45) is 0.562. The number of hydrogen-bond donors (Lipinski definition) is 1. The fourth-order valence-corrected chi connectivity index (χ4v) is 1.98. The Morgan fingerprint density at radius 2 is 2.36 bits per heavy atom. The molecule has 1 aliphatic rings. The second-order valence-corrected chi connectivity index (χ2v) is 4.35. The van der Waals surface area contributed by atoms with E-state index in [4.69, 9.17) is 0 Å². The molecule has 4 heteroatoms. The quantitative estimate of drug-likeness (QED) is 0.833. The lowest BCUT2D eigenvalue weighted by molar-refractivity contribution is -0.119. The third-order valence-corrected chi connectivity index (χ3v) is 2.75. The van der Waals surface area contributed by atoms with E-state index in [0.29, 0.717) is 6.42 Å². The highest BCUT2D eigenvalue weighted by atomic mass is 79.9. The lowest BCUT2D eigenvalue weighted by Crippen LogP contribution is -2.36. The Hall–Kier alpha value is -1.03. The maximum atomic E-state index is 11.2. The highest BCUT2D eigenvalue weighted by molar-refractivity contribution is 9.10. The van der Waals surface area contributed by atoms with Gasteiger partial charge in [-0.25, -0.2) is 0 Å². The number of nitrogens with one attached hydrogen (secondary N) is 1. The Balaban J connectivity index is 2.27. The lowest BCUT2D eigenvalue weighted by Gasteiger charge is -2.22. The molecule has 1 aliphatic heterocycles. The SMILES string of the molecule is CC1CC(=O)NN1c1cccc(Br)c1. The molecule has 1 saturated heterocycles. The van der Waals surface area contributed by atoms with Crippen molar-refractivity contribution in [2.24, 2.45) is 0 Å². The predicted octanol–water partition coefficient (Wildman–Crippen LogP) is 2.08. The van der Waals surface area contributed by atoms with Gasteiger partial charge in [-0.15, -0.1) is 0 Å². The Labute approximate surface area is 91.2 Å². The predicted molar refractivity (Wildman–Crippen MR) is 58.8 cm³/mol. The molecular formula is C10H11BrN2O. The summed E-state index contributed by atoms with van der Waals surface area (Å²) < 4.78 is 1.02. The summed E-state index contributed by atoms with van der Waals surface area (Å²) >= 11 is 3.40. The van der Waals surface area contributed by atoms with Crippen molar-refractivity contribution in [3.63, 3.8) is 0 Å². The van der Waals surface area contributed by atoms with Crippen LogP contribution in [0.15, 0.2) is 28.7 Å². The topological polar surface area (TPSA) is 32.3 Å². The van der Waals surface area contributed by atoms with Crippen molar-refractivity contribution in [2.75, 3.05) is 5.01 Å². The molecule has 3 nitrogen and oxygen atoms in total. The van der Waals surface area contributed by atoms with Gasteiger partial charge >= 0.3 is 0 Å². The van der Waals surface area contributed by atoms with E-state index in [-0.39, 0.29) is 11.9 Å². The van der Waals surface area contributed by atoms with Gasteiger partial charge in [0.2, 0.25) is 5.91 Å². The average molecular weight is 255 g/mol. The summed E-state index contributed by atoms with van der Waals surface area (Å²) in [7, 11) is 0. The first-order chi connectivity index (χ1) is 6.66. The molecule has 1 atom stereocenters. The number of amides is 1. The zero-order chi connectivity index (χ0) is 10.1. The zero-order valence-electron chi connectivity index (χ0n) is 7.83. The van der Waals surface area contributed by atoms with Crippen LogP contribution in [0, 0.1) is 0 Å². The number of benzene rings is 1.